The molecular formula is C6H8N2O2. The molecule has 0 aromatic heterocycles. The Morgan fingerprint density at radius 3 is 1.30 bits per heavy atom. The molecule has 0 saturated carbocycles. The number of rotatable bonds is 0. The minimum atomic E-state index is -0.322. The van der Waals surface area contributed by atoms with E-state index in [2.05, 4.69) is 0 Å². The van der Waals surface area contributed by atoms with Crippen LogP contribution in [0.4, 0.5) is 0 Å². The van der Waals surface area contributed by atoms with Gasteiger partial charge in [-0.15, -0.1) is 0 Å². The molecule has 54 valence electrons. The summed E-state index contributed by atoms with van der Waals surface area (Å²) in [6, 6.07) is 0. The summed E-state index contributed by atoms with van der Waals surface area (Å²) in [7, 11) is 0. The van der Waals surface area contributed by atoms with Gasteiger partial charge in [0.25, 0.3) is 0 Å². The third-order valence-electron chi connectivity index (χ3n) is 2.04. The zero-order chi connectivity index (χ0) is 7.14. The SMILES string of the molecule is O=C1C(=O)N2CCN1CC2. The average Bonchev–Trinajstić information content (AvgIpc) is 2.00. The number of carbonyl (C=O) groups excluding carboxylic acids is 2. The van der Waals surface area contributed by atoms with Gasteiger partial charge in [0, 0.05) is 26.2 Å². The molecular weight excluding hydrogens is 132 g/mol. The maximum atomic E-state index is 10.9. The standard InChI is InChI=1S/C6H8N2O2/c9-5-6(10)8-2-1-7(5)3-4-8/h1-4H2. The Bertz CT molecular complexity index is 172. The van der Waals surface area contributed by atoms with Gasteiger partial charge >= 0.3 is 11.8 Å². The van der Waals surface area contributed by atoms with Crippen LogP contribution in [-0.2, 0) is 9.59 Å². The van der Waals surface area contributed by atoms with Gasteiger partial charge < -0.3 is 9.80 Å². The molecule has 3 heterocycles. The quantitative estimate of drug-likeness (QED) is 0.391. The van der Waals surface area contributed by atoms with Crippen molar-refractivity contribution in [2.75, 3.05) is 26.2 Å². The van der Waals surface area contributed by atoms with Gasteiger partial charge in [-0.3, -0.25) is 9.59 Å². The van der Waals surface area contributed by atoms with Crippen LogP contribution < -0.4 is 0 Å². The van der Waals surface area contributed by atoms with Gasteiger partial charge in [-0.05, 0) is 0 Å². The van der Waals surface area contributed by atoms with Crippen molar-refractivity contribution >= 4 is 11.8 Å². The summed E-state index contributed by atoms with van der Waals surface area (Å²) in [6.45, 7) is 2.91. The molecule has 2 amide bonds. The second-order valence-electron chi connectivity index (χ2n) is 2.58. The van der Waals surface area contributed by atoms with E-state index in [1.807, 2.05) is 0 Å². The van der Waals surface area contributed by atoms with Gasteiger partial charge in [-0.25, -0.2) is 0 Å². The Morgan fingerprint density at radius 1 is 0.800 bits per heavy atom. The molecule has 4 nitrogen and oxygen atoms in total. The molecule has 0 spiro atoms. The van der Waals surface area contributed by atoms with Crippen LogP contribution in [0.25, 0.3) is 0 Å². The summed E-state index contributed by atoms with van der Waals surface area (Å²) in [6.07, 6.45) is 0. The number of carbonyl (C=O) groups is 2. The van der Waals surface area contributed by atoms with Crippen LogP contribution in [0.15, 0.2) is 0 Å². The van der Waals surface area contributed by atoms with Crippen molar-refractivity contribution in [2.24, 2.45) is 0 Å². The highest BCUT2D eigenvalue weighted by atomic mass is 16.2. The van der Waals surface area contributed by atoms with E-state index in [-0.39, 0.29) is 11.8 Å². The van der Waals surface area contributed by atoms with Crippen molar-refractivity contribution in [1.29, 1.82) is 0 Å². The van der Waals surface area contributed by atoms with Crippen molar-refractivity contribution in [1.82, 2.24) is 9.80 Å². The van der Waals surface area contributed by atoms with Gasteiger partial charge in [0.05, 0.1) is 0 Å². The lowest BCUT2D eigenvalue weighted by Crippen LogP contribution is -2.61. The Labute approximate surface area is 58.4 Å². The first kappa shape index (κ1) is 5.70. The van der Waals surface area contributed by atoms with E-state index in [1.54, 1.807) is 9.80 Å². The number of hydrogen-bond donors (Lipinski definition) is 0. The molecule has 2 bridgehead atoms. The molecule has 10 heavy (non-hydrogen) atoms. The second-order valence-corrected chi connectivity index (χ2v) is 2.58. The highest BCUT2D eigenvalue weighted by molar-refractivity contribution is 6.35. The molecule has 0 unspecified atom stereocenters. The largest absolute Gasteiger partial charge is 0.331 e. The molecule has 3 aliphatic rings. The molecule has 0 atom stereocenters. The Kier molecular flexibility index (Phi) is 0.977. The number of fused-ring (bicyclic) bond motifs is 3. The van der Waals surface area contributed by atoms with Gasteiger partial charge in [0.2, 0.25) is 0 Å². The number of hydrogen-bond acceptors (Lipinski definition) is 2. The monoisotopic (exact) mass is 140 g/mol. The van der Waals surface area contributed by atoms with Crippen molar-refractivity contribution < 1.29 is 9.59 Å². The van der Waals surface area contributed by atoms with Crippen LogP contribution in [0.3, 0.4) is 0 Å². The highest BCUT2D eigenvalue weighted by Crippen LogP contribution is 2.10. The lowest BCUT2D eigenvalue weighted by atomic mass is 10.2. The van der Waals surface area contributed by atoms with Crippen LogP contribution in [0.1, 0.15) is 0 Å². The molecule has 3 fully saturated rings. The predicted octanol–water partition coefficient (Wildman–Crippen LogP) is -1.33. The molecule has 0 radical (unpaired) electrons. The van der Waals surface area contributed by atoms with E-state index in [9.17, 15) is 9.59 Å². The molecule has 3 rings (SSSR count). The first-order valence-electron chi connectivity index (χ1n) is 3.37. The third-order valence-corrected chi connectivity index (χ3v) is 2.04. The fourth-order valence-electron chi connectivity index (χ4n) is 1.38. The molecule has 4 heteroatoms. The fraction of sp³-hybridized carbons (Fsp3) is 0.667. The topological polar surface area (TPSA) is 40.6 Å². The van der Waals surface area contributed by atoms with Crippen LogP contribution >= 0.6 is 0 Å². The van der Waals surface area contributed by atoms with E-state index in [0.717, 1.165) is 26.2 Å². The third kappa shape index (κ3) is 0.558. The number of piperazine rings is 3. The highest BCUT2D eigenvalue weighted by Gasteiger charge is 2.36. The van der Waals surface area contributed by atoms with Gasteiger partial charge in [-0.1, -0.05) is 0 Å². The van der Waals surface area contributed by atoms with E-state index in [1.165, 1.54) is 0 Å². The lowest BCUT2D eigenvalue weighted by Gasteiger charge is -2.40. The number of amides is 2. The van der Waals surface area contributed by atoms with Crippen molar-refractivity contribution in [3.05, 3.63) is 0 Å². The molecule has 3 aliphatic heterocycles. The molecule has 3 saturated heterocycles. The number of nitrogens with zero attached hydrogens (tertiary/aromatic N) is 2. The van der Waals surface area contributed by atoms with Crippen LogP contribution in [0.2, 0.25) is 0 Å². The summed E-state index contributed by atoms with van der Waals surface area (Å²) in [5, 5.41) is 0. The van der Waals surface area contributed by atoms with Gasteiger partial charge in [0.15, 0.2) is 0 Å². The van der Waals surface area contributed by atoms with E-state index >= 15 is 0 Å². The predicted molar refractivity (Wildman–Crippen MR) is 33.2 cm³/mol. The first-order valence-corrected chi connectivity index (χ1v) is 3.37. The van der Waals surface area contributed by atoms with Gasteiger partial charge in [0.1, 0.15) is 0 Å². The molecule has 0 aromatic rings. The lowest BCUT2D eigenvalue weighted by molar-refractivity contribution is -0.161. The minimum absolute atomic E-state index is 0.322. The van der Waals surface area contributed by atoms with E-state index in [4.69, 9.17) is 0 Å². The van der Waals surface area contributed by atoms with Gasteiger partial charge in [-0.2, -0.15) is 0 Å². The Balaban J connectivity index is 2.28. The zero-order valence-electron chi connectivity index (χ0n) is 5.54. The minimum Gasteiger partial charge on any atom is -0.331 e. The maximum Gasteiger partial charge on any atom is 0.312 e. The zero-order valence-corrected chi connectivity index (χ0v) is 5.54. The Hall–Kier alpha value is -1.06. The van der Waals surface area contributed by atoms with Crippen LogP contribution in [0.5, 0.6) is 0 Å². The average molecular weight is 140 g/mol. The maximum absolute atomic E-state index is 10.9. The summed E-state index contributed by atoms with van der Waals surface area (Å²) in [4.78, 5) is 25.1. The first-order chi connectivity index (χ1) is 4.79. The van der Waals surface area contributed by atoms with Crippen molar-refractivity contribution in [3.63, 3.8) is 0 Å². The fourth-order valence-corrected chi connectivity index (χ4v) is 1.38. The second kappa shape index (κ2) is 1.71. The van der Waals surface area contributed by atoms with E-state index in [0.29, 0.717) is 0 Å². The van der Waals surface area contributed by atoms with E-state index < -0.39 is 0 Å². The van der Waals surface area contributed by atoms with Crippen LogP contribution in [0, 0.1) is 0 Å². The van der Waals surface area contributed by atoms with Crippen LogP contribution in [-0.4, -0.2) is 47.8 Å². The van der Waals surface area contributed by atoms with Crippen molar-refractivity contribution in [3.8, 4) is 0 Å². The summed E-state index contributed by atoms with van der Waals surface area (Å²) < 4.78 is 0. The molecule has 0 N–H and O–H groups in total. The molecule has 0 aromatic carbocycles. The summed E-state index contributed by atoms with van der Waals surface area (Å²) in [5.41, 5.74) is 0. The van der Waals surface area contributed by atoms with Crippen molar-refractivity contribution in [2.45, 2.75) is 0 Å². The summed E-state index contributed by atoms with van der Waals surface area (Å²) in [5.74, 6) is -0.644. The molecule has 0 aliphatic carbocycles. The smallest absolute Gasteiger partial charge is 0.312 e. The summed E-state index contributed by atoms with van der Waals surface area (Å²) >= 11 is 0. The normalized spacial score (nSPS) is 24.4. The Morgan fingerprint density at radius 2 is 1.10 bits per heavy atom.